The lowest BCUT2D eigenvalue weighted by Gasteiger charge is -2.14. The van der Waals surface area contributed by atoms with Gasteiger partial charge in [-0.2, -0.15) is 13.2 Å². The number of nitrogens with zero attached hydrogens (tertiary/aromatic N) is 4. The largest absolute Gasteiger partial charge is 0.434 e. The number of benzene rings is 2. The molecule has 0 aliphatic carbocycles. The average molecular weight is 519 g/mol. The smallest absolute Gasteiger partial charge is 0.364 e. The highest BCUT2D eigenvalue weighted by Crippen LogP contribution is 2.31. The van der Waals surface area contributed by atoms with E-state index >= 15 is 0 Å². The van der Waals surface area contributed by atoms with Crippen LogP contribution in [0.2, 0.25) is 0 Å². The van der Waals surface area contributed by atoms with Gasteiger partial charge in [-0.1, -0.05) is 62.4 Å². The number of pyridine rings is 1. The van der Waals surface area contributed by atoms with Gasteiger partial charge in [0.15, 0.2) is 17.3 Å². The molecule has 0 aliphatic rings. The Bertz CT molecular complexity index is 1670. The second-order valence-corrected chi connectivity index (χ2v) is 9.33. The number of alkyl halides is 3. The zero-order valence-corrected chi connectivity index (χ0v) is 21.0. The molecule has 5 rings (SSSR count). The minimum Gasteiger partial charge on any atom is -0.364 e. The Morgan fingerprint density at radius 2 is 1.71 bits per heavy atom. The van der Waals surface area contributed by atoms with Crippen LogP contribution in [0.4, 0.5) is 19.0 Å². The first-order valence-electron chi connectivity index (χ1n) is 12.0. The standard InChI is InChI=1S/C28H25F3N6O/c1-16(2)19-6-4-5-7-20(19)25-33-21-12-13-23(38)35-24(21)26(36-25)32-14-17-8-10-18(11-9-17)27-34-22(15-37(27)3)28(29,30)31/h4-13,15-16H,14H2,1-3H3,(H,35,38)(H,32,33,36). The predicted molar refractivity (Wildman–Crippen MR) is 141 cm³/mol. The topological polar surface area (TPSA) is 88.5 Å². The molecular formula is C28H25F3N6O. The summed E-state index contributed by atoms with van der Waals surface area (Å²) in [6.45, 7) is 4.58. The molecule has 2 aromatic carbocycles. The van der Waals surface area contributed by atoms with E-state index in [4.69, 9.17) is 9.97 Å². The first-order chi connectivity index (χ1) is 18.1. The van der Waals surface area contributed by atoms with Gasteiger partial charge in [-0.25, -0.2) is 15.0 Å². The molecule has 0 amide bonds. The van der Waals surface area contributed by atoms with Crippen molar-refractivity contribution in [3.63, 3.8) is 0 Å². The molecular weight excluding hydrogens is 493 g/mol. The normalized spacial score (nSPS) is 11.9. The number of hydrogen-bond donors (Lipinski definition) is 2. The average Bonchev–Trinajstić information content (AvgIpc) is 3.29. The summed E-state index contributed by atoms with van der Waals surface area (Å²) >= 11 is 0. The van der Waals surface area contributed by atoms with Crippen molar-refractivity contribution in [2.75, 3.05) is 5.32 Å². The third-order valence-electron chi connectivity index (χ3n) is 6.24. The van der Waals surface area contributed by atoms with E-state index in [1.165, 1.54) is 17.7 Å². The van der Waals surface area contributed by atoms with Crippen molar-refractivity contribution < 1.29 is 13.2 Å². The summed E-state index contributed by atoms with van der Waals surface area (Å²) in [7, 11) is 1.53. The maximum atomic E-state index is 13.0. The van der Waals surface area contributed by atoms with Crippen LogP contribution in [0.3, 0.4) is 0 Å². The molecule has 5 aromatic rings. The van der Waals surface area contributed by atoms with Crippen LogP contribution in [-0.2, 0) is 19.8 Å². The molecule has 0 saturated carbocycles. The molecule has 0 atom stereocenters. The predicted octanol–water partition coefficient (Wildman–Crippen LogP) is 6.14. The van der Waals surface area contributed by atoms with Crippen LogP contribution < -0.4 is 10.9 Å². The Hall–Kier alpha value is -4.47. The van der Waals surface area contributed by atoms with Crippen molar-refractivity contribution in [1.29, 1.82) is 0 Å². The third-order valence-corrected chi connectivity index (χ3v) is 6.24. The highest BCUT2D eigenvalue weighted by atomic mass is 19.4. The van der Waals surface area contributed by atoms with Gasteiger partial charge in [0.05, 0.1) is 5.52 Å². The summed E-state index contributed by atoms with van der Waals surface area (Å²) in [5.41, 5.74) is 3.35. The molecule has 3 heterocycles. The van der Waals surface area contributed by atoms with Crippen LogP contribution in [0.15, 0.2) is 71.7 Å². The molecule has 0 bridgehead atoms. The summed E-state index contributed by atoms with van der Waals surface area (Å²) in [6, 6.07) is 18.1. The summed E-state index contributed by atoms with van der Waals surface area (Å²) in [5.74, 6) is 1.51. The van der Waals surface area contributed by atoms with Crippen molar-refractivity contribution in [1.82, 2.24) is 24.5 Å². The van der Waals surface area contributed by atoms with Crippen LogP contribution >= 0.6 is 0 Å². The summed E-state index contributed by atoms with van der Waals surface area (Å²) in [5, 5.41) is 3.29. The van der Waals surface area contributed by atoms with Gasteiger partial charge in [0.1, 0.15) is 11.3 Å². The summed E-state index contributed by atoms with van der Waals surface area (Å²) in [6.07, 6.45) is -3.53. The minimum atomic E-state index is -4.50. The van der Waals surface area contributed by atoms with Crippen molar-refractivity contribution in [2.24, 2.45) is 7.05 Å². The fourth-order valence-corrected chi connectivity index (χ4v) is 4.32. The maximum absolute atomic E-state index is 13.0. The number of anilines is 1. The van der Waals surface area contributed by atoms with Gasteiger partial charge in [-0.3, -0.25) is 4.79 Å². The maximum Gasteiger partial charge on any atom is 0.434 e. The van der Waals surface area contributed by atoms with Crippen molar-refractivity contribution in [3.8, 4) is 22.8 Å². The van der Waals surface area contributed by atoms with E-state index in [9.17, 15) is 18.0 Å². The number of hydrogen-bond acceptors (Lipinski definition) is 5. The molecule has 38 heavy (non-hydrogen) atoms. The molecule has 0 spiro atoms. The Kier molecular flexibility index (Phi) is 6.48. The Balaban J connectivity index is 1.45. The van der Waals surface area contributed by atoms with Gasteiger partial charge < -0.3 is 14.9 Å². The first-order valence-corrected chi connectivity index (χ1v) is 12.0. The van der Waals surface area contributed by atoms with Gasteiger partial charge in [-0.05, 0) is 23.1 Å². The molecule has 7 nitrogen and oxygen atoms in total. The van der Waals surface area contributed by atoms with E-state index < -0.39 is 11.9 Å². The van der Waals surface area contributed by atoms with Gasteiger partial charge >= 0.3 is 6.18 Å². The van der Waals surface area contributed by atoms with E-state index in [1.807, 2.05) is 36.4 Å². The Morgan fingerprint density at radius 1 is 0.974 bits per heavy atom. The molecule has 3 aromatic heterocycles. The van der Waals surface area contributed by atoms with E-state index in [0.717, 1.165) is 22.9 Å². The minimum absolute atomic E-state index is 0.227. The van der Waals surface area contributed by atoms with Crippen molar-refractivity contribution in [2.45, 2.75) is 32.5 Å². The van der Waals surface area contributed by atoms with Crippen LogP contribution in [0.1, 0.15) is 36.6 Å². The lowest BCUT2D eigenvalue weighted by Crippen LogP contribution is -2.10. The Morgan fingerprint density at radius 3 is 2.39 bits per heavy atom. The number of aromatic amines is 1. The van der Waals surface area contributed by atoms with E-state index in [2.05, 4.69) is 29.1 Å². The quantitative estimate of drug-likeness (QED) is 0.282. The van der Waals surface area contributed by atoms with Crippen LogP contribution in [-0.4, -0.2) is 24.5 Å². The molecule has 2 N–H and O–H groups in total. The van der Waals surface area contributed by atoms with Crippen LogP contribution in [0.25, 0.3) is 33.8 Å². The molecule has 0 saturated heterocycles. The number of aromatic nitrogens is 5. The second kappa shape index (κ2) is 9.77. The van der Waals surface area contributed by atoms with E-state index in [0.29, 0.717) is 34.8 Å². The molecule has 0 fully saturated rings. The van der Waals surface area contributed by atoms with Gasteiger partial charge in [0.25, 0.3) is 0 Å². The molecule has 0 radical (unpaired) electrons. The highest BCUT2D eigenvalue weighted by molar-refractivity contribution is 5.87. The number of H-pyrrole nitrogens is 1. The SMILES string of the molecule is CC(C)c1ccccc1-c1nc(NCc2ccc(-c3nc(C(F)(F)F)cn3C)cc2)c2[nH]c(=O)ccc2n1. The lowest BCUT2D eigenvalue weighted by atomic mass is 9.97. The summed E-state index contributed by atoms with van der Waals surface area (Å²) < 4.78 is 40.5. The number of aryl methyl sites for hydroxylation is 1. The molecule has 0 aliphatic heterocycles. The number of rotatable bonds is 6. The monoisotopic (exact) mass is 518 g/mol. The van der Waals surface area contributed by atoms with E-state index in [-0.39, 0.29) is 17.3 Å². The fraction of sp³-hybridized carbons (Fsp3) is 0.214. The number of nitrogens with one attached hydrogen (secondary N) is 2. The summed E-state index contributed by atoms with van der Waals surface area (Å²) in [4.78, 5) is 28.1. The zero-order valence-electron chi connectivity index (χ0n) is 21.0. The van der Waals surface area contributed by atoms with E-state index in [1.54, 1.807) is 18.2 Å². The van der Waals surface area contributed by atoms with Gasteiger partial charge in [-0.15, -0.1) is 0 Å². The Labute approximate surface area is 216 Å². The highest BCUT2D eigenvalue weighted by Gasteiger charge is 2.34. The van der Waals surface area contributed by atoms with Crippen LogP contribution in [0, 0.1) is 0 Å². The number of imidazole rings is 1. The second-order valence-electron chi connectivity index (χ2n) is 9.33. The lowest BCUT2D eigenvalue weighted by molar-refractivity contribution is -0.140. The molecule has 194 valence electrons. The third kappa shape index (κ3) is 5.02. The molecule has 0 unspecified atom stereocenters. The van der Waals surface area contributed by atoms with Gasteiger partial charge in [0.2, 0.25) is 5.56 Å². The molecule has 10 heteroatoms. The fourth-order valence-electron chi connectivity index (χ4n) is 4.32. The van der Waals surface area contributed by atoms with Crippen molar-refractivity contribution >= 4 is 16.9 Å². The number of fused-ring (bicyclic) bond motifs is 1. The van der Waals surface area contributed by atoms with Gasteiger partial charge in [0, 0.05) is 37.0 Å². The van der Waals surface area contributed by atoms with Crippen LogP contribution in [0.5, 0.6) is 0 Å². The zero-order chi connectivity index (χ0) is 27.0. The number of halogens is 3. The first kappa shape index (κ1) is 25.2. The van der Waals surface area contributed by atoms with Crippen molar-refractivity contribution in [3.05, 3.63) is 94.0 Å².